The van der Waals surface area contributed by atoms with Crippen LogP contribution in [-0.4, -0.2) is 72.9 Å². The summed E-state index contributed by atoms with van der Waals surface area (Å²) in [5.74, 6) is 0.0381. The van der Waals surface area contributed by atoms with Crippen LogP contribution in [0.2, 0.25) is 0 Å². The standard InChI is InChI=1S/C15H28N2O3/c1-11(2)6-16-4-5-20-13(8-16)9-17-7-12(3)14(10-17)15(18)19/h11-14H,4-10H2,1-3H3,(H,18,19). The van der Waals surface area contributed by atoms with Gasteiger partial charge in [-0.05, 0) is 11.8 Å². The average molecular weight is 284 g/mol. The molecule has 0 aromatic carbocycles. The van der Waals surface area contributed by atoms with Crippen LogP contribution < -0.4 is 0 Å². The molecule has 0 aromatic rings. The molecule has 0 spiro atoms. The molecule has 0 bridgehead atoms. The number of hydrogen-bond donors (Lipinski definition) is 1. The zero-order chi connectivity index (χ0) is 14.7. The molecule has 2 fully saturated rings. The van der Waals surface area contributed by atoms with Gasteiger partial charge in [0.15, 0.2) is 0 Å². The van der Waals surface area contributed by atoms with Gasteiger partial charge in [-0.1, -0.05) is 20.8 Å². The van der Waals surface area contributed by atoms with Gasteiger partial charge in [-0.15, -0.1) is 0 Å². The largest absolute Gasteiger partial charge is 0.481 e. The third-order valence-corrected chi connectivity index (χ3v) is 4.31. The monoisotopic (exact) mass is 284 g/mol. The molecule has 0 radical (unpaired) electrons. The van der Waals surface area contributed by atoms with Crippen molar-refractivity contribution in [3.63, 3.8) is 0 Å². The van der Waals surface area contributed by atoms with Crippen LogP contribution in [0.1, 0.15) is 20.8 Å². The lowest BCUT2D eigenvalue weighted by Crippen LogP contribution is -2.48. The van der Waals surface area contributed by atoms with Gasteiger partial charge in [0.2, 0.25) is 0 Å². The van der Waals surface area contributed by atoms with E-state index in [0.29, 0.717) is 12.5 Å². The first-order chi connectivity index (χ1) is 9.45. The Morgan fingerprint density at radius 1 is 1.30 bits per heavy atom. The predicted molar refractivity (Wildman–Crippen MR) is 77.7 cm³/mol. The SMILES string of the molecule is CC(C)CN1CCOC(CN2CC(C)C(C(=O)O)C2)C1. The normalized spacial score (nSPS) is 32.9. The van der Waals surface area contributed by atoms with Gasteiger partial charge in [-0.25, -0.2) is 0 Å². The summed E-state index contributed by atoms with van der Waals surface area (Å²) in [7, 11) is 0. The maximum atomic E-state index is 11.2. The molecule has 0 amide bonds. The lowest BCUT2D eigenvalue weighted by atomic mass is 9.99. The molecule has 0 aliphatic carbocycles. The van der Waals surface area contributed by atoms with Crippen molar-refractivity contribution >= 4 is 5.97 Å². The molecule has 3 unspecified atom stereocenters. The topological polar surface area (TPSA) is 53.0 Å². The number of likely N-dealkylation sites (tertiary alicyclic amines) is 1. The van der Waals surface area contributed by atoms with Crippen LogP contribution in [0.3, 0.4) is 0 Å². The molecular weight excluding hydrogens is 256 g/mol. The minimum atomic E-state index is -0.661. The van der Waals surface area contributed by atoms with Gasteiger partial charge >= 0.3 is 5.97 Å². The quantitative estimate of drug-likeness (QED) is 0.816. The maximum absolute atomic E-state index is 11.2. The zero-order valence-electron chi connectivity index (χ0n) is 12.9. The van der Waals surface area contributed by atoms with Crippen molar-refractivity contribution in [2.45, 2.75) is 26.9 Å². The summed E-state index contributed by atoms with van der Waals surface area (Å²) < 4.78 is 5.85. The van der Waals surface area contributed by atoms with Gasteiger partial charge in [0, 0.05) is 39.3 Å². The summed E-state index contributed by atoms with van der Waals surface area (Å²) in [6, 6.07) is 0. The second-order valence-corrected chi connectivity index (χ2v) is 6.79. The fourth-order valence-electron chi connectivity index (χ4n) is 3.40. The Balaban J connectivity index is 1.80. The van der Waals surface area contributed by atoms with Crippen molar-refractivity contribution in [1.29, 1.82) is 0 Å². The van der Waals surface area contributed by atoms with Crippen molar-refractivity contribution in [2.75, 3.05) is 45.9 Å². The van der Waals surface area contributed by atoms with Crippen molar-refractivity contribution in [1.82, 2.24) is 9.80 Å². The molecule has 20 heavy (non-hydrogen) atoms. The van der Waals surface area contributed by atoms with Crippen LogP contribution in [0.25, 0.3) is 0 Å². The van der Waals surface area contributed by atoms with Gasteiger partial charge < -0.3 is 9.84 Å². The van der Waals surface area contributed by atoms with E-state index in [1.807, 2.05) is 6.92 Å². The molecular formula is C15H28N2O3. The van der Waals surface area contributed by atoms with Crippen molar-refractivity contribution in [3.8, 4) is 0 Å². The highest BCUT2D eigenvalue weighted by Gasteiger charge is 2.36. The van der Waals surface area contributed by atoms with E-state index in [9.17, 15) is 9.90 Å². The van der Waals surface area contributed by atoms with Crippen LogP contribution in [0.5, 0.6) is 0 Å². The molecule has 5 heteroatoms. The van der Waals surface area contributed by atoms with E-state index in [1.165, 1.54) is 0 Å². The number of ether oxygens (including phenoxy) is 1. The van der Waals surface area contributed by atoms with E-state index in [0.717, 1.165) is 39.3 Å². The molecule has 3 atom stereocenters. The van der Waals surface area contributed by atoms with Crippen LogP contribution in [0.15, 0.2) is 0 Å². The maximum Gasteiger partial charge on any atom is 0.308 e. The van der Waals surface area contributed by atoms with Gasteiger partial charge in [-0.3, -0.25) is 14.6 Å². The third-order valence-electron chi connectivity index (χ3n) is 4.31. The Labute approximate surface area is 121 Å². The second kappa shape index (κ2) is 6.87. The molecule has 0 aromatic heterocycles. The minimum absolute atomic E-state index is 0.217. The Morgan fingerprint density at radius 2 is 2.05 bits per heavy atom. The number of aliphatic carboxylic acids is 1. The summed E-state index contributed by atoms with van der Waals surface area (Å²) in [6.07, 6.45) is 0.224. The number of morpholine rings is 1. The first-order valence-electron chi connectivity index (χ1n) is 7.74. The Hall–Kier alpha value is -0.650. The first kappa shape index (κ1) is 15.7. The summed E-state index contributed by atoms with van der Waals surface area (Å²) >= 11 is 0. The molecule has 2 aliphatic rings. The van der Waals surface area contributed by atoms with Crippen LogP contribution in [0.4, 0.5) is 0 Å². The summed E-state index contributed by atoms with van der Waals surface area (Å²) in [5.41, 5.74) is 0. The number of rotatable bonds is 5. The molecule has 2 rings (SSSR count). The molecule has 5 nitrogen and oxygen atoms in total. The second-order valence-electron chi connectivity index (χ2n) is 6.79. The summed E-state index contributed by atoms with van der Waals surface area (Å²) in [6.45, 7) is 12.8. The molecule has 2 heterocycles. The van der Waals surface area contributed by atoms with Gasteiger partial charge in [0.1, 0.15) is 0 Å². The molecule has 2 saturated heterocycles. The predicted octanol–water partition coefficient (Wildman–Crippen LogP) is 0.996. The van der Waals surface area contributed by atoms with E-state index in [2.05, 4.69) is 23.6 Å². The van der Waals surface area contributed by atoms with E-state index in [-0.39, 0.29) is 17.9 Å². The first-order valence-corrected chi connectivity index (χ1v) is 7.74. The van der Waals surface area contributed by atoms with Crippen LogP contribution in [0, 0.1) is 17.8 Å². The Morgan fingerprint density at radius 3 is 2.65 bits per heavy atom. The average Bonchev–Trinajstić information content (AvgIpc) is 2.70. The highest BCUT2D eigenvalue weighted by molar-refractivity contribution is 5.71. The molecule has 0 saturated carbocycles. The molecule has 1 N–H and O–H groups in total. The van der Waals surface area contributed by atoms with Crippen molar-refractivity contribution in [3.05, 3.63) is 0 Å². The number of carboxylic acid groups (broad SMARTS) is 1. The van der Waals surface area contributed by atoms with Crippen molar-refractivity contribution in [2.24, 2.45) is 17.8 Å². The highest BCUT2D eigenvalue weighted by Crippen LogP contribution is 2.24. The fourth-order valence-corrected chi connectivity index (χ4v) is 3.40. The third kappa shape index (κ3) is 4.17. The van der Waals surface area contributed by atoms with Gasteiger partial charge in [-0.2, -0.15) is 0 Å². The fraction of sp³-hybridized carbons (Fsp3) is 0.933. The van der Waals surface area contributed by atoms with Gasteiger partial charge in [0.05, 0.1) is 18.6 Å². The van der Waals surface area contributed by atoms with E-state index >= 15 is 0 Å². The molecule has 116 valence electrons. The van der Waals surface area contributed by atoms with Gasteiger partial charge in [0.25, 0.3) is 0 Å². The molecule has 2 aliphatic heterocycles. The van der Waals surface area contributed by atoms with E-state index in [1.54, 1.807) is 0 Å². The van der Waals surface area contributed by atoms with E-state index < -0.39 is 5.97 Å². The lowest BCUT2D eigenvalue weighted by molar-refractivity contribution is -0.142. The van der Waals surface area contributed by atoms with Crippen LogP contribution in [-0.2, 0) is 9.53 Å². The number of nitrogens with zero attached hydrogens (tertiary/aromatic N) is 2. The highest BCUT2D eigenvalue weighted by atomic mass is 16.5. The van der Waals surface area contributed by atoms with E-state index in [4.69, 9.17) is 4.74 Å². The zero-order valence-corrected chi connectivity index (χ0v) is 12.9. The Bertz CT molecular complexity index is 335. The summed E-state index contributed by atoms with van der Waals surface area (Å²) in [5, 5.41) is 9.18. The number of carbonyl (C=O) groups is 1. The van der Waals surface area contributed by atoms with Crippen LogP contribution >= 0.6 is 0 Å². The van der Waals surface area contributed by atoms with Crippen molar-refractivity contribution < 1.29 is 14.6 Å². The lowest BCUT2D eigenvalue weighted by Gasteiger charge is -2.35. The number of hydrogen-bond acceptors (Lipinski definition) is 4. The minimum Gasteiger partial charge on any atom is -0.481 e. The smallest absolute Gasteiger partial charge is 0.308 e. The Kier molecular flexibility index (Phi) is 5.41. The number of carboxylic acids is 1. The summed E-state index contributed by atoms with van der Waals surface area (Å²) in [4.78, 5) is 15.9.